The van der Waals surface area contributed by atoms with Crippen molar-refractivity contribution in [2.24, 2.45) is 11.8 Å². The summed E-state index contributed by atoms with van der Waals surface area (Å²) in [4.78, 5) is 48.9. The average molecular weight is 1050 g/mol. The third-order valence-corrected chi connectivity index (χ3v) is 15.4. The van der Waals surface area contributed by atoms with Gasteiger partial charge >= 0.3 is 0 Å². The number of nitrogens with two attached hydrogens (primary N) is 2. The van der Waals surface area contributed by atoms with Crippen LogP contribution in [0.25, 0.3) is 5.57 Å². The third kappa shape index (κ3) is 12.0. The molecule has 2 amide bonds. The van der Waals surface area contributed by atoms with Gasteiger partial charge in [-0.15, -0.1) is 0 Å². The Morgan fingerprint density at radius 1 is 0.710 bits per heavy atom. The van der Waals surface area contributed by atoms with Crippen LogP contribution in [0.2, 0.25) is 0 Å². The summed E-state index contributed by atoms with van der Waals surface area (Å²) in [7, 11) is -8.48. The molecule has 7 rings (SSSR count). The second-order valence-electron chi connectivity index (χ2n) is 21.7. The number of carbonyl (C=O) groups is 2. The molecule has 4 aromatic heterocycles. The number of nitrogen functional groups attached to an aromatic ring is 2. The Balaban J connectivity index is 0.000000229. The normalized spacial score (nSPS) is 19.2. The van der Waals surface area contributed by atoms with Crippen LogP contribution in [0.4, 0.5) is 23.3 Å². The Hall–Kier alpha value is -5.34. The highest BCUT2D eigenvalue weighted by atomic mass is 79.9. The van der Waals surface area contributed by atoms with E-state index in [2.05, 4.69) is 107 Å². The number of sulfonamides is 2. The molecule has 0 radical (unpaired) electrons. The number of hydrogen-bond acceptors (Lipinski definition) is 15. The fraction of sp³-hybridized carbons (Fsp3) is 0.510. The molecule has 0 aliphatic carbocycles. The molecule has 0 bridgehead atoms. The number of amides is 2. The fourth-order valence-corrected chi connectivity index (χ4v) is 12.2. The van der Waals surface area contributed by atoms with Crippen molar-refractivity contribution in [1.29, 1.82) is 0 Å². The lowest BCUT2D eigenvalue weighted by Gasteiger charge is -2.35. The molecule has 20 heteroatoms. The number of pyridine rings is 4. The van der Waals surface area contributed by atoms with Crippen LogP contribution in [0.1, 0.15) is 146 Å². The van der Waals surface area contributed by atoms with Crippen molar-refractivity contribution >= 4 is 76.6 Å². The number of hydrogen-bond donors (Lipinski definition) is 4. The molecule has 0 spiro atoms. The maximum Gasteiger partial charge on any atom is 0.281 e. The molecule has 4 aromatic rings. The molecule has 3 aliphatic heterocycles. The van der Waals surface area contributed by atoms with Crippen LogP contribution < -0.4 is 30.7 Å². The maximum absolute atomic E-state index is 13.7. The standard InChI is InChI=1S/C27H37N5O4S.C22H30BrN5O3S/c1-17-14-27(5,6)32(15-17)24-20(25(33)31-37(34,35)22-11-7-10-21(28)29-22)13-19(18-9-8-12-36-16-18)23(30-24)26(2,3)4;1-13-11-22(5,6)28(12-13)19-14(10-15(23)18(26-19)21(2,3)4)20(29)27-32(30,31)17-9-7-8-16(24)25-17/h7,10-11,13,16-17H,8-9,12,14-15H2,1-6H3,(H2,28,29)(H,31,33);7-10,13H,11-12H2,1-6H3,(H2,24,25)(H,27,29). The summed E-state index contributed by atoms with van der Waals surface area (Å²) in [5, 5.41) is -0.638. The minimum atomic E-state index is -4.26. The number of rotatable bonds is 9. The molecule has 0 saturated carbocycles. The van der Waals surface area contributed by atoms with Crippen LogP contribution in [-0.2, 0) is 35.6 Å². The SMILES string of the molecule is CC1CN(c2nc(C(C)(C)C)c(Br)cc2C(=O)NS(=O)(=O)c2cccc(N)n2)C(C)(C)C1.CC1CN(c2nc(C(C)(C)C)c(C3=COCCC3)cc2C(=O)NS(=O)(=O)c2cccc(N)n2)C(C)(C)C1. The molecular weight excluding hydrogens is 985 g/mol. The van der Waals surface area contributed by atoms with Crippen molar-refractivity contribution in [1.82, 2.24) is 29.4 Å². The van der Waals surface area contributed by atoms with E-state index < -0.39 is 31.9 Å². The predicted octanol–water partition coefficient (Wildman–Crippen LogP) is 8.11. The third-order valence-electron chi connectivity index (χ3n) is 12.3. The van der Waals surface area contributed by atoms with E-state index in [4.69, 9.17) is 26.2 Å². The summed E-state index contributed by atoms with van der Waals surface area (Å²) in [6, 6.07) is 11.9. The van der Waals surface area contributed by atoms with Gasteiger partial charge in [0.2, 0.25) is 0 Å². The van der Waals surface area contributed by atoms with Crippen LogP contribution in [-0.4, -0.2) is 79.4 Å². The van der Waals surface area contributed by atoms with Gasteiger partial charge in [0.1, 0.15) is 23.3 Å². The Labute approximate surface area is 415 Å². The van der Waals surface area contributed by atoms with E-state index >= 15 is 0 Å². The molecule has 2 saturated heterocycles. The number of aromatic nitrogens is 4. The van der Waals surface area contributed by atoms with Gasteiger partial charge in [0.05, 0.1) is 35.4 Å². The number of nitrogens with one attached hydrogen (secondary N) is 2. The number of anilines is 4. The smallest absolute Gasteiger partial charge is 0.281 e. The van der Waals surface area contributed by atoms with Gasteiger partial charge in [0.25, 0.3) is 31.9 Å². The topological polar surface area (TPSA) is 246 Å². The average Bonchev–Trinajstić information content (AvgIpc) is 3.68. The van der Waals surface area contributed by atoms with Gasteiger partial charge in [0.15, 0.2) is 10.1 Å². The molecule has 2 unspecified atom stereocenters. The number of halogens is 1. The van der Waals surface area contributed by atoms with Crippen LogP contribution in [0.3, 0.4) is 0 Å². The van der Waals surface area contributed by atoms with Gasteiger partial charge in [0, 0.05) is 45.0 Å². The molecule has 7 heterocycles. The predicted molar refractivity (Wildman–Crippen MR) is 274 cm³/mol. The van der Waals surface area contributed by atoms with Crippen LogP contribution in [0, 0.1) is 11.8 Å². The number of nitrogens with zero attached hydrogens (tertiary/aromatic N) is 6. The maximum atomic E-state index is 13.7. The number of carbonyl (C=O) groups excluding carboxylic acids is 2. The van der Waals surface area contributed by atoms with E-state index in [-0.39, 0.29) is 54.7 Å². The van der Waals surface area contributed by atoms with Crippen molar-refractivity contribution in [2.75, 3.05) is 41.0 Å². The lowest BCUT2D eigenvalue weighted by Crippen LogP contribution is -2.41. The molecule has 17 nitrogen and oxygen atoms in total. The summed E-state index contributed by atoms with van der Waals surface area (Å²) in [5.74, 6) is 0.313. The summed E-state index contributed by atoms with van der Waals surface area (Å²) in [6.07, 6.45) is 5.22. The van der Waals surface area contributed by atoms with E-state index in [1.54, 1.807) is 18.4 Å². The quantitative estimate of drug-likeness (QED) is 0.124. The lowest BCUT2D eigenvalue weighted by atomic mass is 9.84. The van der Waals surface area contributed by atoms with Crippen molar-refractivity contribution in [3.63, 3.8) is 0 Å². The first-order valence-corrected chi connectivity index (χ1v) is 26.8. The number of ether oxygens (including phenoxy) is 1. The molecule has 2 atom stereocenters. The molecule has 69 heavy (non-hydrogen) atoms. The minimum Gasteiger partial charge on any atom is -0.501 e. The minimum absolute atomic E-state index is 0.0477. The Morgan fingerprint density at radius 2 is 1.14 bits per heavy atom. The summed E-state index contributed by atoms with van der Waals surface area (Å²) in [6.45, 7) is 27.2. The van der Waals surface area contributed by atoms with Gasteiger partial charge in [-0.2, -0.15) is 16.8 Å². The highest BCUT2D eigenvalue weighted by molar-refractivity contribution is 9.10. The molecule has 0 aromatic carbocycles. The first kappa shape index (κ1) is 53.0. The first-order valence-electron chi connectivity index (χ1n) is 23.0. The van der Waals surface area contributed by atoms with E-state index in [0.717, 1.165) is 54.8 Å². The number of allylic oxidation sites excluding steroid dienone is 1. The summed E-state index contributed by atoms with van der Waals surface area (Å²) < 4.78 is 62.3. The Morgan fingerprint density at radius 3 is 1.52 bits per heavy atom. The highest BCUT2D eigenvalue weighted by Crippen LogP contribution is 2.43. The Bertz CT molecular complexity index is 2890. The van der Waals surface area contributed by atoms with E-state index in [1.807, 2.05) is 20.8 Å². The van der Waals surface area contributed by atoms with Crippen LogP contribution in [0.15, 0.2) is 69.3 Å². The second-order valence-corrected chi connectivity index (χ2v) is 25.8. The van der Waals surface area contributed by atoms with Crippen molar-refractivity contribution in [3.05, 3.63) is 87.3 Å². The van der Waals surface area contributed by atoms with Gasteiger partial charge < -0.3 is 26.0 Å². The molecule has 3 aliphatic rings. The zero-order valence-corrected chi connectivity index (χ0v) is 44.9. The first-order chi connectivity index (χ1) is 31.8. The lowest BCUT2D eigenvalue weighted by molar-refractivity contribution is 0.0972. The molecule has 374 valence electrons. The largest absolute Gasteiger partial charge is 0.501 e. The zero-order valence-electron chi connectivity index (χ0n) is 41.7. The van der Waals surface area contributed by atoms with Crippen molar-refractivity contribution in [2.45, 2.75) is 141 Å². The van der Waals surface area contributed by atoms with Crippen LogP contribution in [0.5, 0.6) is 0 Å². The highest BCUT2D eigenvalue weighted by Gasteiger charge is 2.42. The van der Waals surface area contributed by atoms with Gasteiger partial charge in [-0.1, -0.05) is 67.5 Å². The van der Waals surface area contributed by atoms with Gasteiger partial charge in [-0.05, 0) is 123 Å². The monoisotopic (exact) mass is 1050 g/mol. The van der Waals surface area contributed by atoms with Crippen molar-refractivity contribution in [3.8, 4) is 0 Å². The van der Waals surface area contributed by atoms with Crippen LogP contribution >= 0.6 is 15.9 Å². The molecular formula is C49H67BrN10O7S2. The summed E-state index contributed by atoms with van der Waals surface area (Å²) >= 11 is 3.53. The van der Waals surface area contributed by atoms with E-state index in [0.29, 0.717) is 41.1 Å². The van der Waals surface area contributed by atoms with Crippen molar-refractivity contribution < 1.29 is 31.2 Å². The molecule has 6 N–H and O–H groups in total. The van der Waals surface area contributed by atoms with Gasteiger partial charge in [-0.3, -0.25) is 9.59 Å². The second kappa shape index (κ2) is 19.5. The van der Waals surface area contributed by atoms with Gasteiger partial charge in [-0.25, -0.2) is 29.4 Å². The Kier molecular flexibility index (Phi) is 14.9. The summed E-state index contributed by atoms with van der Waals surface area (Å²) in [5.41, 5.74) is 13.9. The fourth-order valence-electron chi connectivity index (χ4n) is 9.37. The van der Waals surface area contributed by atoms with E-state index in [9.17, 15) is 26.4 Å². The van der Waals surface area contributed by atoms with E-state index in [1.165, 1.54) is 36.4 Å². The molecule has 2 fully saturated rings. The zero-order chi connectivity index (χ0) is 51.2.